The van der Waals surface area contributed by atoms with Gasteiger partial charge in [0.2, 0.25) is 0 Å². The number of hydrogen-bond donors (Lipinski definition) is 0. The summed E-state index contributed by atoms with van der Waals surface area (Å²) in [5.74, 6) is 0.572. The van der Waals surface area contributed by atoms with E-state index in [0.717, 1.165) is 17.4 Å². The molecule has 1 aromatic heterocycles. The minimum atomic E-state index is 0.00701. The summed E-state index contributed by atoms with van der Waals surface area (Å²) in [5, 5.41) is 0.867. The quantitative estimate of drug-likeness (QED) is 0.775. The van der Waals surface area contributed by atoms with Crippen LogP contribution in [-0.4, -0.2) is 29.8 Å². The Bertz CT molecular complexity index is 535. The first kappa shape index (κ1) is 13.0. The van der Waals surface area contributed by atoms with Gasteiger partial charge in [0.05, 0.1) is 5.56 Å². The van der Waals surface area contributed by atoms with E-state index in [1.165, 1.54) is 6.26 Å². The summed E-state index contributed by atoms with van der Waals surface area (Å²) in [6, 6.07) is 7.57. The molecule has 1 amide bonds. The van der Waals surface area contributed by atoms with Gasteiger partial charge in [0.25, 0.3) is 5.91 Å². The smallest absolute Gasteiger partial charge is 0.257 e. The first-order valence-electron chi connectivity index (χ1n) is 6.09. The van der Waals surface area contributed by atoms with E-state index in [9.17, 15) is 4.79 Å². The van der Waals surface area contributed by atoms with Gasteiger partial charge in [0, 0.05) is 24.4 Å². The van der Waals surface area contributed by atoms with Gasteiger partial charge < -0.3 is 9.32 Å². The van der Waals surface area contributed by atoms with Gasteiger partial charge in [-0.2, -0.15) is 0 Å². The fourth-order valence-electron chi connectivity index (χ4n) is 1.97. The van der Waals surface area contributed by atoms with Gasteiger partial charge in [-0.3, -0.25) is 4.79 Å². The molecule has 0 atom stereocenters. The lowest BCUT2D eigenvalue weighted by molar-refractivity contribution is 0.0766. The van der Waals surface area contributed by atoms with Crippen LogP contribution in [0.15, 0.2) is 34.9 Å². The van der Waals surface area contributed by atoms with E-state index < -0.39 is 0 Å². The maximum Gasteiger partial charge on any atom is 0.257 e. The topological polar surface area (TPSA) is 33.5 Å². The molecular formula is C14H16ClNO2. The van der Waals surface area contributed by atoms with Gasteiger partial charge in [-0.15, -0.1) is 11.6 Å². The molecule has 0 radical (unpaired) electrons. The third-order valence-corrected chi connectivity index (χ3v) is 3.21. The van der Waals surface area contributed by atoms with Gasteiger partial charge in [-0.25, -0.2) is 0 Å². The number of hydrogen-bond acceptors (Lipinski definition) is 2. The average Bonchev–Trinajstić information content (AvgIpc) is 2.83. The van der Waals surface area contributed by atoms with E-state index in [4.69, 9.17) is 16.0 Å². The molecule has 0 aliphatic rings. The molecule has 0 aliphatic heterocycles. The second kappa shape index (κ2) is 5.91. The van der Waals surface area contributed by atoms with Crippen LogP contribution in [0.2, 0.25) is 0 Å². The zero-order valence-electron chi connectivity index (χ0n) is 10.4. The Labute approximate surface area is 111 Å². The fraction of sp³-hybridized carbons (Fsp3) is 0.357. The standard InChI is InChI=1S/C14H16ClNO2/c1-2-16(9-5-8-15)14(17)12-10-18-13-7-4-3-6-11(12)13/h3-4,6-7,10H,2,5,8-9H2,1H3. The largest absolute Gasteiger partial charge is 0.463 e. The zero-order valence-corrected chi connectivity index (χ0v) is 11.1. The third-order valence-electron chi connectivity index (χ3n) is 2.94. The van der Waals surface area contributed by atoms with Crippen LogP contribution in [0.25, 0.3) is 11.0 Å². The molecule has 2 aromatic rings. The van der Waals surface area contributed by atoms with Crippen LogP contribution >= 0.6 is 11.6 Å². The number of amides is 1. The molecule has 1 aromatic carbocycles. The molecule has 18 heavy (non-hydrogen) atoms. The molecule has 0 saturated carbocycles. The lowest BCUT2D eigenvalue weighted by Gasteiger charge is -2.19. The van der Waals surface area contributed by atoms with Gasteiger partial charge in [0.1, 0.15) is 11.8 Å². The molecule has 2 rings (SSSR count). The summed E-state index contributed by atoms with van der Waals surface area (Å²) in [6.45, 7) is 3.32. The molecule has 3 nitrogen and oxygen atoms in total. The first-order valence-corrected chi connectivity index (χ1v) is 6.62. The Hall–Kier alpha value is -1.48. The number of rotatable bonds is 5. The highest BCUT2D eigenvalue weighted by Gasteiger charge is 2.18. The minimum absolute atomic E-state index is 0.00701. The van der Waals surface area contributed by atoms with Crippen molar-refractivity contribution >= 4 is 28.5 Å². The lowest BCUT2D eigenvalue weighted by Crippen LogP contribution is -2.31. The molecule has 0 N–H and O–H groups in total. The Morgan fingerprint density at radius 2 is 2.17 bits per heavy atom. The number of carbonyl (C=O) groups excluding carboxylic acids is 1. The summed E-state index contributed by atoms with van der Waals surface area (Å²) in [4.78, 5) is 14.2. The maximum absolute atomic E-state index is 12.4. The molecule has 0 fully saturated rings. The van der Waals surface area contributed by atoms with Gasteiger partial charge >= 0.3 is 0 Å². The van der Waals surface area contributed by atoms with Crippen LogP contribution in [-0.2, 0) is 0 Å². The number of alkyl halides is 1. The lowest BCUT2D eigenvalue weighted by atomic mass is 10.1. The normalized spacial score (nSPS) is 10.8. The van der Waals surface area contributed by atoms with E-state index in [1.807, 2.05) is 31.2 Å². The van der Waals surface area contributed by atoms with Crippen molar-refractivity contribution in [1.29, 1.82) is 0 Å². The highest BCUT2D eigenvalue weighted by atomic mass is 35.5. The summed E-state index contributed by atoms with van der Waals surface area (Å²) >= 11 is 5.67. The number of furan rings is 1. The van der Waals surface area contributed by atoms with Crippen molar-refractivity contribution in [2.24, 2.45) is 0 Å². The van der Waals surface area contributed by atoms with Gasteiger partial charge in [-0.1, -0.05) is 18.2 Å². The van der Waals surface area contributed by atoms with Crippen LogP contribution in [0.1, 0.15) is 23.7 Å². The van der Waals surface area contributed by atoms with Crippen LogP contribution in [0.4, 0.5) is 0 Å². The van der Waals surface area contributed by atoms with Crippen LogP contribution in [0.3, 0.4) is 0 Å². The number of para-hydroxylation sites is 1. The van der Waals surface area contributed by atoms with Crippen molar-refractivity contribution < 1.29 is 9.21 Å². The van der Waals surface area contributed by atoms with Gasteiger partial charge in [-0.05, 0) is 19.4 Å². The Kier molecular flexibility index (Phi) is 4.26. The Balaban J connectivity index is 2.26. The van der Waals surface area contributed by atoms with E-state index in [0.29, 0.717) is 24.5 Å². The van der Waals surface area contributed by atoms with E-state index in [1.54, 1.807) is 4.90 Å². The van der Waals surface area contributed by atoms with Crippen molar-refractivity contribution in [1.82, 2.24) is 4.90 Å². The molecule has 0 saturated heterocycles. The van der Waals surface area contributed by atoms with Crippen LogP contribution in [0.5, 0.6) is 0 Å². The molecule has 96 valence electrons. The molecule has 0 aliphatic carbocycles. The van der Waals surface area contributed by atoms with E-state index >= 15 is 0 Å². The molecule has 4 heteroatoms. The maximum atomic E-state index is 12.4. The Morgan fingerprint density at radius 1 is 1.39 bits per heavy atom. The minimum Gasteiger partial charge on any atom is -0.463 e. The van der Waals surface area contributed by atoms with E-state index in [2.05, 4.69) is 0 Å². The van der Waals surface area contributed by atoms with Gasteiger partial charge in [0.15, 0.2) is 0 Å². The summed E-state index contributed by atoms with van der Waals surface area (Å²) in [5.41, 5.74) is 1.37. The summed E-state index contributed by atoms with van der Waals surface area (Å²) in [6.07, 6.45) is 2.34. The SMILES string of the molecule is CCN(CCCCl)C(=O)c1coc2ccccc12. The number of halogens is 1. The molecule has 0 spiro atoms. The summed E-state index contributed by atoms with van der Waals surface area (Å²) in [7, 11) is 0. The molecule has 1 heterocycles. The highest BCUT2D eigenvalue weighted by molar-refractivity contribution is 6.17. The van der Waals surface area contributed by atoms with Crippen LogP contribution in [0, 0.1) is 0 Å². The van der Waals surface area contributed by atoms with Crippen molar-refractivity contribution in [3.63, 3.8) is 0 Å². The number of nitrogens with zero attached hydrogens (tertiary/aromatic N) is 1. The van der Waals surface area contributed by atoms with Crippen molar-refractivity contribution in [3.8, 4) is 0 Å². The summed E-state index contributed by atoms with van der Waals surface area (Å²) < 4.78 is 5.40. The highest BCUT2D eigenvalue weighted by Crippen LogP contribution is 2.22. The molecule has 0 bridgehead atoms. The Morgan fingerprint density at radius 3 is 2.89 bits per heavy atom. The third kappa shape index (κ3) is 2.51. The predicted octanol–water partition coefficient (Wildman–Crippen LogP) is 3.52. The first-order chi connectivity index (χ1) is 8.77. The van der Waals surface area contributed by atoms with Crippen molar-refractivity contribution in [2.75, 3.05) is 19.0 Å². The fourth-order valence-corrected chi connectivity index (χ4v) is 2.09. The number of fused-ring (bicyclic) bond motifs is 1. The van der Waals surface area contributed by atoms with Crippen molar-refractivity contribution in [3.05, 3.63) is 36.1 Å². The zero-order chi connectivity index (χ0) is 13.0. The molecule has 0 unspecified atom stereocenters. The monoisotopic (exact) mass is 265 g/mol. The average molecular weight is 266 g/mol. The predicted molar refractivity (Wildman–Crippen MR) is 73.1 cm³/mol. The van der Waals surface area contributed by atoms with Crippen LogP contribution < -0.4 is 0 Å². The second-order valence-corrected chi connectivity index (χ2v) is 4.45. The number of benzene rings is 1. The second-order valence-electron chi connectivity index (χ2n) is 4.07. The van der Waals surface area contributed by atoms with E-state index in [-0.39, 0.29) is 5.91 Å². The number of carbonyl (C=O) groups is 1. The molecular weight excluding hydrogens is 250 g/mol. The van der Waals surface area contributed by atoms with Crippen molar-refractivity contribution in [2.45, 2.75) is 13.3 Å².